The molecule has 0 saturated heterocycles. The first kappa shape index (κ1) is 12.4. The summed E-state index contributed by atoms with van der Waals surface area (Å²) in [6.07, 6.45) is 2.34. The van der Waals surface area contributed by atoms with Crippen LogP contribution in [0, 0.1) is 11.7 Å². The van der Waals surface area contributed by atoms with Gasteiger partial charge in [-0.3, -0.25) is 0 Å². The Kier molecular flexibility index (Phi) is 3.67. The fraction of sp³-hybridized carbons (Fsp3) is 0.571. The molecule has 1 fully saturated rings. The molecule has 0 amide bonds. The minimum Gasteiger partial charge on any atom is -0.366 e. The molecule has 2 rings (SSSR count). The van der Waals surface area contributed by atoms with Gasteiger partial charge in [0.25, 0.3) is 0 Å². The fourth-order valence-electron chi connectivity index (χ4n) is 2.25. The topological polar surface area (TPSA) is 29.3 Å². The third-order valence-electron chi connectivity index (χ3n) is 3.13. The second-order valence-corrected chi connectivity index (χ2v) is 5.23. The largest absolute Gasteiger partial charge is 0.366 e. The standard InChI is InChI=1S/C14H21FN2/c1-10(2)9-17(12-6-7-12)14-11(8-16)4-3-5-13(14)15/h3-5,10,12H,6-9,16H2,1-2H3. The molecule has 0 atom stereocenters. The lowest BCUT2D eigenvalue weighted by Gasteiger charge is -2.29. The van der Waals surface area contributed by atoms with E-state index in [2.05, 4.69) is 18.7 Å². The highest BCUT2D eigenvalue weighted by atomic mass is 19.1. The summed E-state index contributed by atoms with van der Waals surface area (Å²) in [5.41, 5.74) is 7.36. The van der Waals surface area contributed by atoms with E-state index in [1.807, 2.05) is 6.07 Å². The minimum atomic E-state index is -0.138. The summed E-state index contributed by atoms with van der Waals surface area (Å²) < 4.78 is 14.0. The maximum absolute atomic E-state index is 14.0. The second kappa shape index (κ2) is 5.05. The van der Waals surface area contributed by atoms with Crippen molar-refractivity contribution in [2.24, 2.45) is 11.7 Å². The van der Waals surface area contributed by atoms with E-state index in [0.717, 1.165) is 17.8 Å². The lowest BCUT2D eigenvalue weighted by atomic mass is 10.1. The molecule has 1 aromatic carbocycles. The molecule has 1 aliphatic rings. The van der Waals surface area contributed by atoms with Crippen molar-refractivity contribution in [3.05, 3.63) is 29.6 Å². The second-order valence-electron chi connectivity index (χ2n) is 5.23. The van der Waals surface area contributed by atoms with Crippen LogP contribution in [0.1, 0.15) is 32.3 Å². The van der Waals surface area contributed by atoms with Crippen LogP contribution >= 0.6 is 0 Å². The van der Waals surface area contributed by atoms with Gasteiger partial charge in [-0.1, -0.05) is 26.0 Å². The van der Waals surface area contributed by atoms with E-state index < -0.39 is 0 Å². The molecule has 1 saturated carbocycles. The van der Waals surface area contributed by atoms with Gasteiger partial charge in [0.1, 0.15) is 5.82 Å². The molecule has 94 valence electrons. The predicted molar refractivity (Wildman–Crippen MR) is 69.5 cm³/mol. The molecule has 1 aromatic rings. The fourth-order valence-corrected chi connectivity index (χ4v) is 2.25. The summed E-state index contributed by atoms with van der Waals surface area (Å²) in [6, 6.07) is 5.71. The lowest BCUT2D eigenvalue weighted by molar-refractivity contribution is 0.575. The molecule has 0 aromatic heterocycles. The highest BCUT2D eigenvalue weighted by Gasteiger charge is 2.32. The Morgan fingerprint density at radius 2 is 2.12 bits per heavy atom. The monoisotopic (exact) mass is 236 g/mol. The van der Waals surface area contributed by atoms with E-state index in [1.165, 1.54) is 18.9 Å². The average molecular weight is 236 g/mol. The summed E-state index contributed by atoms with van der Waals surface area (Å²) in [4.78, 5) is 2.21. The van der Waals surface area contributed by atoms with Crippen LogP contribution in [-0.2, 0) is 6.54 Å². The normalized spacial score (nSPS) is 15.4. The van der Waals surface area contributed by atoms with Crippen molar-refractivity contribution < 1.29 is 4.39 Å². The number of halogens is 1. The Labute approximate surface area is 103 Å². The van der Waals surface area contributed by atoms with E-state index in [4.69, 9.17) is 5.73 Å². The van der Waals surface area contributed by atoms with Gasteiger partial charge in [-0.25, -0.2) is 4.39 Å². The molecule has 0 unspecified atom stereocenters. The van der Waals surface area contributed by atoms with Gasteiger partial charge < -0.3 is 10.6 Å². The number of anilines is 1. The summed E-state index contributed by atoms with van der Waals surface area (Å²) in [5, 5.41) is 0. The quantitative estimate of drug-likeness (QED) is 0.851. The molecule has 0 spiro atoms. The smallest absolute Gasteiger partial charge is 0.146 e. The van der Waals surface area contributed by atoms with Crippen molar-refractivity contribution in [1.29, 1.82) is 0 Å². The van der Waals surface area contributed by atoms with Gasteiger partial charge >= 0.3 is 0 Å². The van der Waals surface area contributed by atoms with Crippen LogP contribution in [-0.4, -0.2) is 12.6 Å². The number of rotatable bonds is 5. The number of para-hydroxylation sites is 1. The maximum atomic E-state index is 14.0. The average Bonchev–Trinajstić information content (AvgIpc) is 3.09. The first-order valence-corrected chi connectivity index (χ1v) is 6.37. The summed E-state index contributed by atoms with van der Waals surface area (Å²) in [7, 11) is 0. The number of nitrogens with two attached hydrogens (primary N) is 1. The number of hydrogen-bond donors (Lipinski definition) is 1. The Bertz CT molecular complexity index is 386. The van der Waals surface area contributed by atoms with Gasteiger partial charge in [-0.2, -0.15) is 0 Å². The summed E-state index contributed by atoms with van der Waals surface area (Å²) in [6.45, 7) is 5.63. The zero-order chi connectivity index (χ0) is 12.4. The van der Waals surface area contributed by atoms with Gasteiger partial charge in [0.15, 0.2) is 0 Å². The zero-order valence-corrected chi connectivity index (χ0v) is 10.6. The van der Waals surface area contributed by atoms with Gasteiger partial charge in [0, 0.05) is 19.1 Å². The zero-order valence-electron chi connectivity index (χ0n) is 10.6. The highest BCUT2D eigenvalue weighted by Crippen LogP contribution is 2.35. The summed E-state index contributed by atoms with van der Waals surface area (Å²) in [5.74, 6) is 0.390. The number of hydrogen-bond acceptors (Lipinski definition) is 2. The van der Waals surface area contributed by atoms with Crippen LogP contribution in [0.5, 0.6) is 0 Å². The van der Waals surface area contributed by atoms with E-state index in [1.54, 1.807) is 6.07 Å². The maximum Gasteiger partial charge on any atom is 0.146 e. The third kappa shape index (κ3) is 2.78. The van der Waals surface area contributed by atoms with Gasteiger partial charge in [0.2, 0.25) is 0 Å². The Balaban J connectivity index is 2.34. The Hall–Kier alpha value is -1.09. The Morgan fingerprint density at radius 1 is 1.41 bits per heavy atom. The predicted octanol–water partition coefficient (Wildman–Crippen LogP) is 2.91. The van der Waals surface area contributed by atoms with Crippen molar-refractivity contribution in [1.82, 2.24) is 0 Å². The van der Waals surface area contributed by atoms with E-state index in [9.17, 15) is 4.39 Å². The van der Waals surface area contributed by atoms with Gasteiger partial charge in [0.05, 0.1) is 5.69 Å². The minimum absolute atomic E-state index is 0.138. The van der Waals surface area contributed by atoms with Crippen LogP contribution in [0.3, 0.4) is 0 Å². The molecule has 1 aliphatic carbocycles. The van der Waals surface area contributed by atoms with Crippen molar-refractivity contribution in [2.75, 3.05) is 11.4 Å². The molecule has 0 radical (unpaired) electrons. The van der Waals surface area contributed by atoms with Gasteiger partial charge in [-0.05, 0) is 30.4 Å². The molecule has 0 aliphatic heterocycles. The Morgan fingerprint density at radius 3 is 2.65 bits per heavy atom. The van der Waals surface area contributed by atoms with Gasteiger partial charge in [-0.15, -0.1) is 0 Å². The number of nitrogens with zero attached hydrogens (tertiary/aromatic N) is 1. The van der Waals surface area contributed by atoms with Crippen LogP contribution in [0.15, 0.2) is 18.2 Å². The van der Waals surface area contributed by atoms with E-state index >= 15 is 0 Å². The van der Waals surface area contributed by atoms with E-state index in [0.29, 0.717) is 18.5 Å². The van der Waals surface area contributed by atoms with Crippen molar-refractivity contribution >= 4 is 5.69 Å². The SMILES string of the molecule is CC(C)CN(c1c(F)cccc1CN)C1CC1. The molecular formula is C14H21FN2. The first-order valence-electron chi connectivity index (χ1n) is 6.37. The number of benzene rings is 1. The van der Waals surface area contributed by atoms with Crippen molar-refractivity contribution in [3.8, 4) is 0 Å². The highest BCUT2D eigenvalue weighted by molar-refractivity contribution is 5.56. The van der Waals surface area contributed by atoms with E-state index in [-0.39, 0.29) is 5.82 Å². The van der Waals surface area contributed by atoms with Crippen LogP contribution in [0.2, 0.25) is 0 Å². The molecule has 0 bridgehead atoms. The molecular weight excluding hydrogens is 215 g/mol. The third-order valence-corrected chi connectivity index (χ3v) is 3.13. The molecule has 2 nitrogen and oxygen atoms in total. The lowest BCUT2D eigenvalue weighted by Crippen LogP contribution is -2.31. The molecule has 0 heterocycles. The first-order chi connectivity index (χ1) is 8.13. The summed E-state index contributed by atoms with van der Waals surface area (Å²) >= 11 is 0. The van der Waals surface area contributed by atoms with Crippen LogP contribution < -0.4 is 10.6 Å². The molecule has 17 heavy (non-hydrogen) atoms. The van der Waals surface area contributed by atoms with Crippen LogP contribution in [0.4, 0.5) is 10.1 Å². The van der Waals surface area contributed by atoms with Crippen LogP contribution in [0.25, 0.3) is 0 Å². The van der Waals surface area contributed by atoms with Crippen molar-refractivity contribution in [2.45, 2.75) is 39.3 Å². The molecule has 3 heteroatoms. The van der Waals surface area contributed by atoms with Crippen molar-refractivity contribution in [3.63, 3.8) is 0 Å². The molecule has 2 N–H and O–H groups in total.